The molecule has 0 aromatic heterocycles. The van der Waals surface area contributed by atoms with Gasteiger partial charge in [-0.25, -0.2) is 0 Å². The highest BCUT2D eigenvalue weighted by Gasteiger charge is 2.61. The summed E-state index contributed by atoms with van der Waals surface area (Å²) in [4.78, 5) is 12.2. The van der Waals surface area contributed by atoms with Crippen molar-refractivity contribution in [1.82, 2.24) is 0 Å². The largest absolute Gasteiger partial charge is 0.460 e. The van der Waals surface area contributed by atoms with Gasteiger partial charge in [0.2, 0.25) is 0 Å². The third-order valence-electron chi connectivity index (χ3n) is 4.18. The summed E-state index contributed by atoms with van der Waals surface area (Å²) < 4.78 is 5.61. The van der Waals surface area contributed by atoms with E-state index in [-0.39, 0.29) is 34.3 Å². The maximum atomic E-state index is 12.2. The number of carbonyl (C=O) groups excluding carboxylic acids is 1. The predicted octanol–water partition coefficient (Wildman–Crippen LogP) is 5.28. The SMILES string of the molecule is Cc1cccc(Cl)c1COC(=O)[C@H]1[C@@H](C=C(Cl)Cl)C1(C)C. The molecule has 1 saturated carbocycles. The zero-order valence-electron chi connectivity index (χ0n) is 12.1. The van der Waals surface area contributed by atoms with Crippen molar-refractivity contribution in [3.63, 3.8) is 0 Å². The van der Waals surface area contributed by atoms with Gasteiger partial charge in [-0.3, -0.25) is 4.79 Å². The van der Waals surface area contributed by atoms with Crippen LogP contribution in [0.5, 0.6) is 0 Å². The first kappa shape index (κ1) is 16.7. The van der Waals surface area contributed by atoms with Crippen molar-refractivity contribution in [3.05, 3.63) is 44.9 Å². The molecule has 0 saturated heterocycles. The standard InChI is InChI=1S/C16H17Cl3O2/c1-9-5-4-6-12(17)10(9)8-21-15(20)14-11(7-13(18)19)16(14,2)3/h4-7,11,14H,8H2,1-3H3/t11-,14-/m1/s1. The minimum atomic E-state index is -0.241. The average Bonchev–Trinajstić information content (AvgIpc) is 2.89. The van der Waals surface area contributed by atoms with E-state index in [2.05, 4.69) is 0 Å². The number of carbonyl (C=O) groups is 1. The van der Waals surface area contributed by atoms with Gasteiger partial charge >= 0.3 is 5.97 Å². The van der Waals surface area contributed by atoms with Gasteiger partial charge in [-0.15, -0.1) is 0 Å². The molecule has 0 bridgehead atoms. The fourth-order valence-corrected chi connectivity index (χ4v) is 3.20. The van der Waals surface area contributed by atoms with Gasteiger partial charge in [-0.2, -0.15) is 0 Å². The van der Waals surface area contributed by atoms with Gasteiger partial charge in [-0.1, -0.05) is 60.8 Å². The van der Waals surface area contributed by atoms with Crippen LogP contribution in [0.4, 0.5) is 0 Å². The first-order valence-electron chi connectivity index (χ1n) is 6.68. The Hall–Kier alpha value is -0.700. The third kappa shape index (κ3) is 3.56. The van der Waals surface area contributed by atoms with Crippen LogP contribution in [0.25, 0.3) is 0 Å². The monoisotopic (exact) mass is 346 g/mol. The molecule has 114 valence electrons. The van der Waals surface area contributed by atoms with Crippen LogP contribution in [-0.4, -0.2) is 5.97 Å². The van der Waals surface area contributed by atoms with Crippen molar-refractivity contribution in [1.29, 1.82) is 0 Å². The van der Waals surface area contributed by atoms with Crippen LogP contribution < -0.4 is 0 Å². The first-order chi connectivity index (χ1) is 9.75. The van der Waals surface area contributed by atoms with Crippen LogP contribution in [0.2, 0.25) is 5.02 Å². The molecule has 1 fully saturated rings. The number of ether oxygens (including phenoxy) is 1. The fourth-order valence-electron chi connectivity index (χ4n) is 2.66. The van der Waals surface area contributed by atoms with Crippen molar-refractivity contribution in [3.8, 4) is 0 Å². The van der Waals surface area contributed by atoms with E-state index < -0.39 is 0 Å². The van der Waals surface area contributed by atoms with Crippen LogP contribution in [0.1, 0.15) is 25.0 Å². The Balaban J connectivity index is 2.02. The van der Waals surface area contributed by atoms with E-state index in [1.54, 1.807) is 12.1 Å². The summed E-state index contributed by atoms with van der Waals surface area (Å²) in [5.41, 5.74) is 1.67. The van der Waals surface area contributed by atoms with E-state index >= 15 is 0 Å². The van der Waals surface area contributed by atoms with Crippen molar-refractivity contribution < 1.29 is 9.53 Å². The van der Waals surface area contributed by atoms with E-state index in [1.165, 1.54) is 0 Å². The quantitative estimate of drug-likeness (QED) is 0.692. The number of allylic oxidation sites excluding steroid dienone is 1. The first-order valence-corrected chi connectivity index (χ1v) is 7.82. The molecule has 2 nitrogen and oxygen atoms in total. The van der Waals surface area contributed by atoms with Crippen LogP contribution >= 0.6 is 34.8 Å². The molecule has 1 aromatic carbocycles. The van der Waals surface area contributed by atoms with Crippen LogP contribution in [0.15, 0.2) is 28.8 Å². The van der Waals surface area contributed by atoms with E-state index in [4.69, 9.17) is 39.5 Å². The summed E-state index contributed by atoms with van der Waals surface area (Å²) in [5, 5.41) is 0.609. The molecule has 1 aliphatic rings. The van der Waals surface area contributed by atoms with E-state index in [0.717, 1.165) is 11.1 Å². The smallest absolute Gasteiger partial charge is 0.310 e. The summed E-state index contributed by atoms with van der Waals surface area (Å²) in [6.07, 6.45) is 1.70. The molecule has 0 heterocycles. The lowest BCUT2D eigenvalue weighted by molar-refractivity contribution is -0.147. The summed E-state index contributed by atoms with van der Waals surface area (Å²) in [5.74, 6) is -0.440. The lowest BCUT2D eigenvalue weighted by Gasteiger charge is -2.09. The maximum Gasteiger partial charge on any atom is 0.310 e. The van der Waals surface area contributed by atoms with Gasteiger partial charge in [0.15, 0.2) is 0 Å². The fraction of sp³-hybridized carbons (Fsp3) is 0.438. The number of aryl methyl sites for hydroxylation is 1. The molecule has 1 aliphatic carbocycles. The third-order valence-corrected chi connectivity index (χ3v) is 4.79. The summed E-state index contributed by atoms with van der Waals surface area (Å²) in [6.45, 7) is 6.12. The molecule has 0 radical (unpaired) electrons. The number of hydrogen-bond acceptors (Lipinski definition) is 2. The minimum Gasteiger partial charge on any atom is -0.460 e. The molecule has 21 heavy (non-hydrogen) atoms. The van der Waals surface area contributed by atoms with Gasteiger partial charge in [0, 0.05) is 10.6 Å². The van der Waals surface area contributed by atoms with Crippen molar-refractivity contribution in [2.45, 2.75) is 27.4 Å². The topological polar surface area (TPSA) is 26.3 Å². The lowest BCUT2D eigenvalue weighted by atomic mass is 10.1. The Morgan fingerprint density at radius 1 is 1.38 bits per heavy atom. The summed E-state index contributed by atoms with van der Waals surface area (Å²) in [6, 6.07) is 5.60. The predicted molar refractivity (Wildman–Crippen MR) is 86.5 cm³/mol. The normalized spacial score (nSPS) is 22.6. The summed E-state index contributed by atoms with van der Waals surface area (Å²) in [7, 11) is 0. The summed E-state index contributed by atoms with van der Waals surface area (Å²) >= 11 is 17.5. The Kier molecular flexibility index (Phi) is 4.92. The van der Waals surface area contributed by atoms with Crippen molar-refractivity contribution >= 4 is 40.8 Å². The van der Waals surface area contributed by atoms with E-state index in [1.807, 2.05) is 32.9 Å². The average molecular weight is 348 g/mol. The highest BCUT2D eigenvalue weighted by atomic mass is 35.5. The molecular formula is C16H17Cl3O2. The van der Waals surface area contributed by atoms with Gasteiger partial charge in [0.05, 0.1) is 5.92 Å². The second-order valence-corrected chi connectivity index (χ2v) is 7.34. The zero-order valence-corrected chi connectivity index (χ0v) is 14.4. The van der Waals surface area contributed by atoms with Crippen molar-refractivity contribution in [2.75, 3.05) is 0 Å². The maximum absolute atomic E-state index is 12.2. The number of benzene rings is 1. The van der Waals surface area contributed by atoms with E-state index in [0.29, 0.717) is 5.02 Å². The molecule has 0 N–H and O–H groups in total. The second kappa shape index (κ2) is 6.20. The molecule has 0 amide bonds. The number of rotatable bonds is 4. The molecule has 0 aliphatic heterocycles. The Morgan fingerprint density at radius 3 is 2.62 bits per heavy atom. The number of hydrogen-bond donors (Lipinski definition) is 0. The molecule has 2 rings (SSSR count). The molecule has 1 aromatic rings. The molecular weight excluding hydrogens is 331 g/mol. The van der Waals surface area contributed by atoms with E-state index in [9.17, 15) is 4.79 Å². The van der Waals surface area contributed by atoms with Crippen LogP contribution in [-0.2, 0) is 16.1 Å². The number of halogens is 3. The number of esters is 1. The van der Waals surface area contributed by atoms with Crippen LogP contribution in [0, 0.1) is 24.2 Å². The Morgan fingerprint density at radius 2 is 2.05 bits per heavy atom. The Labute approximate surface area is 140 Å². The lowest BCUT2D eigenvalue weighted by Crippen LogP contribution is -2.11. The van der Waals surface area contributed by atoms with Crippen molar-refractivity contribution in [2.24, 2.45) is 17.3 Å². The molecule has 5 heteroatoms. The Bertz CT molecular complexity index is 569. The molecule has 2 atom stereocenters. The molecule has 0 spiro atoms. The highest BCUT2D eigenvalue weighted by Crippen LogP contribution is 2.60. The minimum absolute atomic E-state index is 0.0161. The van der Waals surface area contributed by atoms with Gasteiger partial charge in [-0.05, 0) is 36.0 Å². The second-order valence-electron chi connectivity index (χ2n) is 5.92. The van der Waals surface area contributed by atoms with Crippen LogP contribution in [0.3, 0.4) is 0 Å². The van der Waals surface area contributed by atoms with Gasteiger partial charge in [0.25, 0.3) is 0 Å². The molecule has 0 unspecified atom stereocenters. The van der Waals surface area contributed by atoms with Gasteiger partial charge in [0.1, 0.15) is 11.1 Å². The highest BCUT2D eigenvalue weighted by molar-refractivity contribution is 6.55. The van der Waals surface area contributed by atoms with Gasteiger partial charge < -0.3 is 4.74 Å². The zero-order chi connectivity index (χ0) is 15.8.